The van der Waals surface area contributed by atoms with Gasteiger partial charge in [-0.15, -0.1) is 0 Å². The molecule has 0 radical (unpaired) electrons. The van der Waals surface area contributed by atoms with Crippen molar-refractivity contribution in [2.75, 3.05) is 0 Å². The van der Waals surface area contributed by atoms with Crippen LogP contribution in [-0.4, -0.2) is 5.71 Å². The van der Waals surface area contributed by atoms with Crippen LogP contribution in [0.5, 0.6) is 0 Å². The Morgan fingerprint density at radius 3 is 2.80 bits per heavy atom. The summed E-state index contributed by atoms with van der Waals surface area (Å²) in [5.74, 6) is 0. The Morgan fingerprint density at radius 2 is 2.07 bits per heavy atom. The molecule has 0 saturated heterocycles. The Hall–Kier alpha value is -1.98. The zero-order valence-corrected chi connectivity index (χ0v) is 8.32. The maximum absolute atomic E-state index is 9.22. The second-order valence-electron chi connectivity index (χ2n) is 3.23. The van der Waals surface area contributed by atoms with Crippen molar-refractivity contribution in [3.63, 3.8) is 0 Å². The van der Waals surface area contributed by atoms with Gasteiger partial charge in [-0.25, -0.2) is 4.36 Å². The fourth-order valence-electron chi connectivity index (χ4n) is 1.78. The number of hydrogen-bond acceptors (Lipinski definition) is 4. The van der Waals surface area contributed by atoms with Crippen LogP contribution in [0, 0.1) is 22.7 Å². The van der Waals surface area contributed by atoms with Gasteiger partial charge in [-0.3, -0.25) is 0 Å². The summed E-state index contributed by atoms with van der Waals surface area (Å²) in [7, 11) is -0.636. The molecule has 0 saturated carbocycles. The summed E-state index contributed by atoms with van der Waals surface area (Å²) in [4.78, 5) is 0.970. The Bertz CT molecular complexity index is 617. The molecule has 3 rings (SSSR count). The van der Waals surface area contributed by atoms with Crippen molar-refractivity contribution in [3.8, 4) is 12.1 Å². The molecule has 2 aliphatic rings. The number of nitriles is 2. The molecule has 0 aliphatic carbocycles. The molecule has 0 aromatic heterocycles. The highest BCUT2D eigenvalue weighted by atomic mass is 32.2. The average molecular weight is 212 g/mol. The van der Waals surface area contributed by atoms with Gasteiger partial charge in [0.2, 0.25) is 5.54 Å². The summed E-state index contributed by atoms with van der Waals surface area (Å²) in [6.45, 7) is 0. The van der Waals surface area contributed by atoms with Crippen molar-refractivity contribution in [1.82, 2.24) is 0 Å². The third-order valence-corrected chi connectivity index (χ3v) is 4.04. The van der Waals surface area contributed by atoms with Gasteiger partial charge < -0.3 is 0 Å². The molecule has 2 aliphatic heterocycles. The van der Waals surface area contributed by atoms with E-state index < -0.39 is 16.4 Å². The first-order valence-corrected chi connectivity index (χ1v) is 5.43. The molecule has 4 nitrogen and oxygen atoms in total. The van der Waals surface area contributed by atoms with Crippen LogP contribution in [0.25, 0.3) is 0 Å². The molecule has 0 spiro atoms. The topological polar surface area (TPSA) is 72.3 Å². The minimum atomic E-state index is -1.12. The first kappa shape index (κ1) is 8.34. The standard InChI is InChI=1S/C10H4N4S/c11-5-9-10(6-12)7-3-1-2-4-8(7)15(13-9)14-10/h1-4H. The van der Waals surface area contributed by atoms with Gasteiger partial charge in [-0.2, -0.15) is 14.9 Å². The van der Waals surface area contributed by atoms with Gasteiger partial charge in [-0.05, 0) is 6.07 Å². The van der Waals surface area contributed by atoms with Crippen molar-refractivity contribution in [1.29, 1.82) is 10.5 Å². The second-order valence-corrected chi connectivity index (χ2v) is 4.56. The Kier molecular flexibility index (Phi) is 1.41. The summed E-state index contributed by atoms with van der Waals surface area (Å²) in [5, 5.41) is 18.1. The van der Waals surface area contributed by atoms with Gasteiger partial charge in [0, 0.05) is 10.5 Å². The largest absolute Gasteiger partial charge is 0.234 e. The zero-order valence-electron chi connectivity index (χ0n) is 7.51. The fourth-order valence-corrected chi connectivity index (χ4v) is 3.46. The molecule has 70 valence electrons. The van der Waals surface area contributed by atoms with Crippen molar-refractivity contribution >= 4 is 16.6 Å². The molecule has 0 fully saturated rings. The van der Waals surface area contributed by atoms with Crippen molar-refractivity contribution < 1.29 is 0 Å². The van der Waals surface area contributed by atoms with E-state index in [9.17, 15) is 5.26 Å². The molecular formula is C10H4N4S. The molecular weight excluding hydrogens is 208 g/mol. The summed E-state index contributed by atoms with van der Waals surface area (Å²) >= 11 is 0. The van der Waals surface area contributed by atoms with Gasteiger partial charge in [-0.1, -0.05) is 18.2 Å². The van der Waals surface area contributed by atoms with Crippen LogP contribution >= 0.6 is 0 Å². The monoisotopic (exact) mass is 212 g/mol. The SMILES string of the molecule is N#CC1=NS2=NC1(C#N)c1ccccc12. The molecule has 0 N–H and O–H groups in total. The lowest BCUT2D eigenvalue weighted by molar-refractivity contribution is 0.804. The van der Waals surface area contributed by atoms with E-state index in [1.807, 2.05) is 30.3 Å². The maximum atomic E-state index is 9.22. The van der Waals surface area contributed by atoms with Crippen LogP contribution in [0.3, 0.4) is 0 Å². The number of benzene rings is 1. The molecule has 15 heavy (non-hydrogen) atoms. The van der Waals surface area contributed by atoms with Crippen LogP contribution in [0.15, 0.2) is 37.9 Å². The van der Waals surface area contributed by atoms with Crippen LogP contribution < -0.4 is 0 Å². The Morgan fingerprint density at radius 1 is 1.27 bits per heavy atom. The van der Waals surface area contributed by atoms with E-state index in [0.717, 1.165) is 10.5 Å². The molecule has 1 aromatic carbocycles. The summed E-state index contributed by atoms with van der Waals surface area (Å²) in [6, 6.07) is 11.6. The minimum Gasteiger partial charge on any atom is -0.204 e. The normalized spacial score (nSPS) is 29.7. The lowest BCUT2D eigenvalue weighted by Gasteiger charge is -2.16. The number of fused-ring (bicyclic) bond motifs is 4. The third-order valence-electron chi connectivity index (χ3n) is 2.49. The zero-order chi connectivity index (χ0) is 10.5. The summed E-state index contributed by atoms with van der Waals surface area (Å²) < 4.78 is 8.46. The lowest BCUT2D eigenvalue weighted by Crippen LogP contribution is -2.29. The Balaban J connectivity index is 2.37. The number of hydrogen-bond donors (Lipinski definition) is 0. The highest BCUT2D eigenvalue weighted by molar-refractivity contribution is 7.87. The van der Waals surface area contributed by atoms with Gasteiger partial charge in [0.15, 0.2) is 5.71 Å². The van der Waals surface area contributed by atoms with Gasteiger partial charge in [0.05, 0.1) is 10.9 Å². The Labute approximate surface area is 88.7 Å². The molecule has 2 bridgehead atoms. The van der Waals surface area contributed by atoms with Crippen LogP contribution in [0.4, 0.5) is 0 Å². The van der Waals surface area contributed by atoms with Gasteiger partial charge in [0.1, 0.15) is 12.1 Å². The predicted molar refractivity (Wildman–Crippen MR) is 54.8 cm³/mol. The first-order valence-electron chi connectivity index (χ1n) is 4.29. The van der Waals surface area contributed by atoms with Crippen LogP contribution in [-0.2, 0) is 16.4 Å². The number of rotatable bonds is 0. The van der Waals surface area contributed by atoms with E-state index in [2.05, 4.69) is 14.8 Å². The van der Waals surface area contributed by atoms with E-state index in [-0.39, 0.29) is 5.71 Å². The molecule has 1 aromatic rings. The molecule has 2 unspecified atom stereocenters. The highest BCUT2D eigenvalue weighted by Gasteiger charge is 2.50. The second kappa shape index (κ2) is 2.53. The number of nitrogens with zero attached hydrogens (tertiary/aromatic N) is 4. The first-order chi connectivity index (χ1) is 7.31. The smallest absolute Gasteiger partial charge is 0.204 e. The van der Waals surface area contributed by atoms with E-state index in [1.54, 1.807) is 0 Å². The molecule has 0 amide bonds. The fraction of sp³-hybridized carbons (Fsp3) is 0.100. The van der Waals surface area contributed by atoms with Gasteiger partial charge >= 0.3 is 0 Å². The molecule has 2 atom stereocenters. The highest BCUT2D eigenvalue weighted by Crippen LogP contribution is 2.44. The lowest BCUT2D eigenvalue weighted by atomic mass is 9.88. The van der Waals surface area contributed by atoms with Crippen molar-refractivity contribution in [2.24, 2.45) is 8.76 Å². The third kappa shape index (κ3) is 0.793. The maximum Gasteiger partial charge on any atom is 0.234 e. The molecule has 5 heteroatoms. The van der Waals surface area contributed by atoms with E-state index in [0.29, 0.717) is 0 Å². The van der Waals surface area contributed by atoms with E-state index >= 15 is 0 Å². The average Bonchev–Trinajstić information content (AvgIpc) is 2.83. The van der Waals surface area contributed by atoms with Gasteiger partial charge in [0.25, 0.3) is 0 Å². The van der Waals surface area contributed by atoms with Crippen molar-refractivity contribution in [3.05, 3.63) is 29.8 Å². The van der Waals surface area contributed by atoms with E-state index in [1.165, 1.54) is 0 Å². The summed E-state index contributed by atoms with van der Waals surface area (Å²) in [5.41, 5.74) is -0.0662. The van der Waals surface area contributed by atoms with E-state index in [4.69, 9.17) is 5.26 Å². The summed E-state index contributed by atoms with van der Waals surface area (Å²) in [6.07, 6.45) is 0. The van der Waals surface area contributed by atoms with Crippen LogP contribution in [0.2, 0.25) is 0 Å². The minimum absolute atomic E-state index is 0.229. The predicted octanol–water partition coefficient (Wildman–Crippen LogP) is 1.47. The van der Waals surface area contributed by atoms with Crippen molar-refractivity contribution in [2.45, 2.75) is 10.4 Å². The van der Waals surface area contributed by atoms with Crippen LogP contribution in [0.1, 0.15) is 5.56 Å². The quantitative estimate of drug-likeness (QED) is 0.653. The molecule has 2 heterocycles.